The Labute approximate surface area is 139 Å². The number of fused-ring (bicyclic) bond motifs is 2. The summed E-state index contributed by atoms with van der Waals surface area (Å²) in [5, 5.41) is 0.788. The average molecular weight is 334 g/mol. The molecule has 2 aromatic rings. The zero-order valence-electron chi connectivity index (χ0n) is 14.2. The molecule has 2 saturated heterocycles. The first kappa shape index (κ1) is 15.8. The summed E-state index contributed by atoms with van der Waals surface area (Å²) in [6.45, 7) is 6.24. The van der Waals surface area contributed by atoms with Crippen LogP contribution < -0.4 is 5.73 Å². The summed E-state index contributed by atoms with van der Waals surface area (Å²) in [5.41, 5.74) is 6.04. The molecule has 2 aliphatic heterocycles. The van der Waals surface area contributed by atoms with Crippen molar-refractivity contribution in [2.45, 2.75) is 50.6 Å². The molecule has 0 saturated carbocycles. The smallest absolute Gasteiger partial charge is 0.165 e. The van der Waals surface area contributed by atoms with Gasteiger partial charge < -0.3 is 29.2 Å². The van der Waals surface area contributed by atoms with Crippen molar-refractivity contribution in [3.63, 3.8) is 0 Å². The highest BCUT2D eigenvalue weighted by molar-refractivity contribution is 5.86. The predicted molar refractivity (Wildman–Crippen MR) is 86.2 cm³/mol. The van der Waals surface area contributed by atoms with Gasteiger partial charge in [0.15, 0.2) is 12.0 Å². The zero-order valence-corrected chi connectivity index (χ0v) is 14.2. The van der Waals surface area contributed by atoms with Crippen molar-refractivity contribution in [1.82, 2.24) is 14.5 Å². The van der Waals surface area contributed by atoms with Crippen molar-refractivity contribution < 1.29 is 18.9 Å². The van der Waals surface area contributed by atoms with Gasteiger partial charge in [-0.25, -0.2) is 9.97 Å². The minimum absolute atomic E-state index is 0.254. The summed E-state index contributed by atoms with van der Waals surface area (Å²) in [6, 6.07) is 1.88. The Kier molecular flexibility index (Phi) is 3.37. The fourth-order valence-electron chi connectivity index (χ4n) is 3.76. The maximum atomic E-state index is 6.24. The van der Waals surface area contributed by atoms with Gasteiger partial charge in [0.05, 0.1) is 12.0 Å². The number of rotatable bonds is 3. The third kappa shape index (κ3) is 2.14. The van der Waals surface area contributed by atoms with Gasteiger partial charge >= 0.3 is 0 Å². The van der Waals surface area contributed by atoms with Gasteiger partial charge in [-0.05, 0) is 26.8 Å². The van der Waals surface area contributed by atoms with E-state index in [9.17, 15) is 0 Å². The van der Waals surface area contributed by atoms with E-state index in [1.807, 2.05) is 37.6 Å². The van der Waals surface area contributed by atoms with Crippen LogP contribution in [-0.4, -0.2) is 51.8 Å². The molecule has 0 unspecified atom stereocenters. The SMILES string of the molecule is COC[C@H]1O[C@@H](n2ccc3c(N)ncnc32)[C@@H]2OC(C)(C)O[C@]12C. The van der Waals surface area contributed by atoms with Crippen LogP contribution in [0.4, 0.5) is 5.82 Å². The zero-order chi connectivity index (χ0) is 17.1. The molecule has 4 atom stereocenters. The number of nitrogen functional groups attached to an aromatic ring is 1. The molecule has 2 fully saturated rings. The van der Waals surface area contributed by atoms with Crippen molar-refractivity contribution in [2.75, 3.05) is 19.5 Å². The molecule has 2 N–H and O–H groups in total. The van der Waals surface area contributed by atoms with E-state index >= 15 is 0 Å². The maximum Gasteiger partial charge on any atom is 0.165 e. The second-order valence-electron chi connectivity index (χ2n) is 6.91. The van der Waals surface area contributed by atoms with E-state index in [1.54, 1.807) is 7.11 Å². The normalized spacial score (nSPS) is 34.8. The van der Waals surface area contributed by atoms with Gasteiger partial charge in [0.1, 0.15) is 35.6 Å². The molecule has 4 heterocycles. The molecule has 4 rings (SSSR count). The molecule has 130 valence electrons. The highest BCUT2D eigenvalue weighted by Gasteiger charge is 2.64. The number of methoxy groups -OCH3 is 1. The van der Waals surface area contributed by atoms with Crippen LogP contribution in [-0.2, 0) is 18.9 Å². The number of ether oxygens (including phenoxy) is 4. The molecule has 2 aliphatic rings. The minimum atomic E-state index is -0.690. The predicted octanol–water partition coefficient (Wildman–Crippen LogP) is 1.47. The average Bonchev–Trinajstić information content (AvgIpc) is 3.10. The van der Waals surface area contributed by atoms with E-state index in [2.05, 4.69) is 9.97 Å². The van der Waals surface area contributed by atoms with E-state index in [1.165, 1.54) is 6.33 Å². The van der Waals surface area contributed by atoms with Crippen LogP contribution in [0.5, 0.6) is 0 Å². The maximum absolute atomic E-state index is 6.24. The number of anilines is 1. The molecule has 24 heavy (non-hydrogen) atoms. The largest absolute Gasteiger partial charge is 0.383 e. The first-order valence-electron chi connectivity index (χ1n) is 7.95. The minimum Gasteiger partial charge on any atom is -0.383 e. The van der Waals surface area contributed by atoms with E-state index in [0.29, 0.717) is 18.1 Å². The number of nitrogens with two attached hydrogens (primary N) is 1. The lowest BCUT2D eigenvalue weighted by atomic mass is 9.95. The van der Waals surface area contributed by atoms with Gasteiger partial charge in [0.25, 0.3) is 0 Å². The summed E-state index contributed by atoms with van der Waals surface area (Å²) in [4.78, 5) is 8.39. The van der Waals surface area contributed by atoms with E-state index in [4.69, 9.17) is 24.7 Å². The monoisotopic (exact) mass is 334 g/mol. The highest BCUT2D eigenvalue weighted by Crippen LogP contribution is 2.50. The standard InChI is InChI=1S/C16H22N4O4/c1-15(2)23-11-14(22-10(7-21-4)16(11,3)24-15)20-6-5-9-12(17)18-8-19-13(9)20/h5-6,8,10-11,14H,7H2,1-4H3,(H2,17,18,19)/t10-,11+,14-,16-/m1/s1. The van der Waals surface area contributed by atoms with Gasteiger partial charge in [-0.1, -0.05) is 0 Å². The van der Waals surface area contributed by atoms with Gasteiger partial charge in [0.2, 0.25) is 0 Å². The van der Waals surface area contributed by atoms with Crippen LogP contribution in [0.25, 0.3) is 11.0 Å². The number of hydrogen-bond donors (Lipinski definition) is 1. The second-order valence-corrected chi connectivity index (χ2v) is 6.91. The van der Waals surface area contributed by atoms with Crippen molar-refractivity contribution in [3.8, 4) is 0 Å². The van der Waals surface area contributed by atoms with Crippen molar-refractivity contribution in [1.29, 1.82) is 0 Å². The Morgan fingerprint density at radius 2 is 2.12 bits per heavy atom. The van der Waals surface area contributed by atoms with Crippen molar-refractivity contribution in [2.24, 2.45) is 0 Å². The van der Waals surface area contributed by atoms with Crippen molar-refractivity contribution in [3.05, 3.63) is 18.6 Å². The molecular weight excluding hydrogens is 312 g/mol. The highest BCUT2D eigenvalue weighted by atomic mass is 16.8. The van der Waals surface area contributed by atoms with Crippen LogP contribution in [0.3, 0.4) is 0 Å². The third-order valence-electron chi connectivity index (χ3n) is 4.78. The third-order valence-corrected chi connectivity index (χ3v) is 4.78. The first-order chi connectivity index (χ1) is 11.4. The second kappa shape index (κ2) is 5.13. The molecule has 0 bridgehead atoms. The summed E-state index contributed by atoms with van der Waals surface area (Å²) in [5.74, 6) is -0.249. The molecule has 0 aromatic carbocycles. The van der Waals surface area contributed by atoms with Gasteiger partial charge in [0, 0.05) is 13.3 Å². The fraction of sp³-hybridized carbons (Fsp3) is 0.625. The summed E-state index contributed by atoms with van der Waals surface area (Å²) in [7, 11) is 1.65. The lowest BCUT2D eigenvalue weighted by Crippen LogP contribution is -2.45. The molecule has 0 spiro atoms. The topological polar surface area (TPSA) is 93.7 Å². The number of hydrogen-bond acceptors (Lipinski definition) is 7. The van der Waals surface area contributed by atoms with E-state index in [-0.39, 0.29) is 18.4 Å². The van der Waals surface area contributed by atoms with Gasteiger partial charge in [-0.2, -0.15) is 0 Å². The van der Waals surface area contributed by atoms with Gasteiger partial charge in [-0.3, -0.25) is 0 Å². The molecule has 0 radical (unpaired) electrons. The van der Waals surface area contributed by atoms with Crippen LogP contribution in [0.15, 0.2) is 18.6 Å². The number of aromatic nitrogens is 3. The summed E-state index contributed by atoms with van der Waals surface area (Å²) < 4.78 is 25.9. The fourth-order valence-corrected chi connectivity index (χ4v) is 3.76. The Hall–Kier alpha value is -1.74. The quantitative estimate of drug-likeness (QED) is 0.908. The van der Waals surface area contributed by atoms with Gasteiger partial charge in [-0.15, -0.1) is 0 Å². The first-order valence-corrected chi connectivity index (χ1v) is 7.95. The van der Waals surface area contributed by atoms with Crippen LogP contribution in [0.1, 0.15) is 27.0 Å². The van der Waals surface area contributed by atoms with Crippen LogP contribution in [0, 0.1) is 0 Å². The summed E-state index contributed by atoms with van der Waals surface area (Å²) in [6.07, 6.45) is 2.41. The van der Waals surface area contributed by atoms with Crippen LogP contribution >= 0.6 is 0 Å². The molecule has 2 aromatic heterocycles. The van der Waals surface area contributed by atoms with E-state index < -0.39 is 11.4 Å². The Balaban J connectivity index is 1.79. The Morgan fingerprint density at radius 1 is 1.33 bits per heavy atom. The Bertz CT molecular complexity index is 777. The van der Waals surface area contributed by atoms with Crippen LogP contribution in [0.2, 0.25) is 0 Å². The van der Waals surface area contributed by atoms with E-state index in [0.717, 1.165) is 5.39 Å². The Morgan fingerprint density at radius 3 is 2.88 bits per heavy atom. The molecular formula is C16H22N4O4. The van der Waals surface area contributed by atoms with Crippen molar-refractivity contribution >= 4 is 16.9 Å². The summed E-state index contributed by atoms with van der Waals surface area (Å²) >= 11 is 0. The molecule has 8 nitrogen and oxygen atoms in total. The lowest BCUT2D eigenvalue weighted by molar-refractivity contribution is -0.215. The number of nitrogens with zero attached hydrogens (tertiary/aromatic N) is 3. The lowest BCUT2D eigenvalue weighted by Gasteiger charge is -2.28. The molecule has 0 aliphatic carbocycles. The molecule has 0 amide bonds. The molecule has 8 heteroatoms.